The van der Waals surface area contributed by atoms with Crippen LogP contribution < -0.4 is 10.1 Å². The van der Waals surface area contributed by atoms with Gasteiger partial charge in [0.05, 0.1) is 29.5 Å². The normalized spacial score (nSPS) is 16.6. The molecule has 1 unspecified atom stereocenters. The number of ether oxygens (including phenoxy) is 2. The molecular weight excluding hydrogens is 432 g/mol. The Morgan fingerprint density at radius 1 is 1.16 bits per heavy atom. The number of nitrogens with zero attached hydrogens (tertiary/aromatic N) is 1. The van der Waals surface area contributed by atoms with E-state index in [2.05, 4.69) is 5.32 Å². The average molecular weight is 452 g/mol. The maximum atomic E-state index is 13.8. The first-order valence-corrected chi connectivity index (χ1v) is 9.61. The van der Waals surface area contributed by atoms with Crippen molar-refractivity contribution in [2.24, 2.45) is 0 Å². The summed E-state index contributed by atoms with van der Waals surface area (Å²) in [5.74, 6) is -1.44. The highest BCUT2D eigenvalue weighted by atomic mass is 19.4. The minimum Gasteiger partial charge on any atom is -0.487 e. The van der Waals surface area contributed by atoms with Crippen molar-refractivity contribution in [2.45, 2.75) is 19.1 Å². The number of amides is 2. The van der Waals surface area contributed by atoms with E-state index < -0.39 is 42.2 Å². The number of hydrogen-bond acceptors (Lipinski definition) is 4. The lowest BCUT2D eigenvalue weighted by Gasteiger charge is -2.34. The molecule has 2 aromatic rings. The molecule has 3 rings (SSSR count). The summed E-state index contributed by atoms with van der Waals surface area (Å²) in [4.78, 5) is 26.4. The molecule has 0 aliphatic carbocycles. The van der Waals surface area contributed by atoms with Gasteiger partial charge in [-0.25, -0.2) is 14.0 Å². The second kappa shape index (κ2) is 9.29. The minimum absolute atomic E-state index is 0.00785. The monoisotopic (exact) mass is 452 g/mol. The highest BCUT2D eigenvalue weighted by molar-refractivity contribution is 5.95. The van der Waals surface area contributed by atoms with Crippen LogP contribution in [0.2, 0.25) is 0 Å². The van der Waals surface area contributed by atoms with Crippen molar-refractivity contribution in [3.8, 4) is 5.75 Å². The van der Waals surface area contributed by atoms with Crippen LogP contribution in [0.3, 0.4) is 0 Å². The van der Waals surface area contributed by atoms with Gasteiger partial charge in [-0.3, -0.25) is 4.90 Å². The molecule has 1 N–H and O–H groups in total. The van der Waals surface area contributed by atoms with Gasteiger partial charge in [0.1, 0.15) is 18.2 Å². The molecule has 1 atom stereocenters. The van der Waals surface area contributed by atoms with Crippen LogP contribution in [0.1, 0.15) is 24.1 Å². The summed E-state index contributed by atoms with van der Waals surface area (Å²) in [7, 11) is 1.38. The number of nitrogens with one attached hydrogen (secondary N) is 1. The van der Waals surface area contributed by atoms with Crippen LogP contribution in [0.4, 0.5) is 22.4 Å². The first kappa shape index (κ1) is 23.1. The maximum Gasteiger partial charge on any atom is 0.416 e. The number of halogens is 4. The van der Waals surface area contributed by atoms with E-state index in [0.29, 0.717) is 5.56 Å². The van der Waals surface area contributed by atoms with Crippen LogP contribution in [0.15, 0.2) is 59.8 Å². The molecule has 2 amide bonds. The van der Waals surface area contributed by atoms with E-state index in [9.17, 15) is 27.2 Å². The number of alkyl halides is 3. The first-order chi connectivity index (χ1) is 15.1. The van der Waals surface area contributed by atoms with Gasteiger partial charge in [-0.2, -0.15) is 13.2 Å². The fraction of sp³-hybridized carbons (Fsp3) is 0.273. The van der Waals surface area contributed by atoms with Crippen molar-refractivity contribution in [1.29, 1.82) is 0 Å². The molecule has 0 fully saturated rings. The smallest absolute Gasteiger partial charge is 0.416 e. The molecule has 6 nitrogen and oxygen atoms in total. The van der Waals surface area contributed by atoms with Crippen LogP contribution in [-0.2, 0) is 15.7 Å². The van der Waals surface area contributed by atoms with Gasteiger partial charge in [0.25, 0.3) is 0 Å². The number of carbonyl (C=O) groups excluding carboxylic acids is 2. The third-order valence-electron chi connectivity index (χ3n) is 4.79. The zero-order valence-corrected chi connectivity index (χ0v) is 17.2. The zero-order valence-electron chi connectivity index (χ0n) is 17.2. The SMILES string of the molecule is CCOC(=O)C1=C(COc2cccc(C(F)(F)F)c2)N(C)C(=O)NC1c1cccc(F)c1. The van der Waals surface area contributed by atoms with Gasteiger partial charge in [-0.05, 0) is 42.8 Å². The highest BCUT2D eigenvalue weighted by Gasteiger charge is 2.37. The fourth-order valence-corrected chi connectivity index (χ4v) is 3.23. The Kier molecular flexibility index (Phi) is 6.71. The lowest BCUT2D eigenvalue weighted by molar-refractivity contribution is -0.139. The van der Waals surface area contributed by atoms with E-state index in [4.69, 9.17) is 9.47 Å². The summed E-state index contributed by atoms with van der Waals surface area (Å²) in [6.07, 6.45) is -4.56. The van der Waals surface area contributed by atoms with Crippen molar-refractivity contribution >= 4 is 12.0 Å². The minimum atomic E-state index is -4.56. The lowest BCUT2D eigenvalue weighted by atomic mass is 9.94. The third kappa shape index (κ3) is 5.01. The Labute approximate surface area is 181 Å². The number of esters is 1. The summed E-state index contributed by atoms with van der Waals surface area (Å²) in [5.41, 5.74) is -0.529. The van der Waals surface area contributed by atoms with Gasteiger partial charge in [0, 0.05) is 7.05 Å². The molecule has 1 aliphatic rings. The van der Waals surface area contributed by atoms with Crippen molar-refractivity contribution in [3.63, 3.8) is 0 Å². The quantitative estimate of drug-likeness (QED) is 0.520. The predicted molar refractivity (Wildman–Crippen MR) is 106 cm³/mol. The van der Waals surface area contributed by atoms with Crippen molar-refractivity contribution in [2.75, 3.05) is 20.3 Å². The van der Waals surface area contributed by atoms with Crippen LogP contribution in [0.25, 0.3) is 0 Å². The van der Waals surface area contributed by atoms with Gasteiger partial charge in [-0.15, -0.1) is 0 Å². The van der Waals surface area contributed by atoms with Gasteiger partial charge < -0.3 is 14.8 Å². The van der Waals surface area contributed by atoms with Crippen molar-refractivity contribution in [1.82, 2.24) is 10.2 Å². The summed E-state index contributed by atoms with van der Waals surface area (Å²) in [6.45, 7) is 1.24. The van der Waals surface area contributed by atoms with Crippen LogP contribution in [-0.4, -0.2) is 37.2 Å². The molecule has 0 bridgehead atoms. The van der Waals surface area contributed by atoms with Crippen LogP contribution >= 0.6 is 0 Å². The van der Waals surface area contributed by atoms with Crippen molar-refractivity contribution in [3.05, 3.63) is 76.7 Å². The van der Waals surface area contributed by atoms with E-state index in [0.717, 1.165) is 17.0 Å². The molecule has 170 valence electrons. The number of benzene rings is 2. The molecule has 32 heavy (non-hydrogen) atoms. The second-order valence-corrected chi connectivity index (χ2v) is 6.89. The maximum absolute atomic E-state index is 13.8. The Morgan fingerprint density at radius 2 is 1.88 bits per heavy atom. The number of rotatable bonds is 6. The van der Waals surface area contributed by atoms with Crippen LogP contribution in [0, 0.1) is 5.82 Å². The molecule has 0 spiro atoms. The van der Waals surface area contributed by atoms with E-state index in [-0.39, 0.29) is 23.6 Å². The number of likely N-dealkylation sites (N-methyl/N-ethyl adjacent to an activating group) is 1. The van der Waals surface area contributed by atoms with Gasteiger partial charge >= 0.3 is 18.2 Å². The molecule has 1 aliphatic heterocycles. The van der Waals surface area contributed by atoms with Crippen molar-refractivity contribution < 1.29 is 36.6 Å². The summed E-state index contributed by atoms with van der Waals surface area (Å²) in [5, 5.41) is 2.61. The van der Waals surface area contributed by atoms with E-state index >= 15 is 0 Å². The molecule has 10 heteroatoms. The molecule has 1 heterocycles. The predicted octanol–water partition coefficient (Wildman–Crippen LogP) is 4.44. The third-order valence-corrected chi connectivity index (χ3v) is 4.79. The highest BCUT2D eigenvalue weighted by Crippen LogP contribution is 2.33. The number of carbonyl (C=O) groups is 2. The Hall–Kier alpha value is -3.56. The Balaban J connectivity index is 2.02. The lowest BCUT2D eigenvalue weighted by Crippen LogP contribution is -2.48. The standard InChI is InChI=1S/C22H20F4N2O4/c1-3-31-20(29)18-17(12-32-16-9-5-7-14(11-16)22(24,25)26)28(2)21(30)27-19(18)13-6-4-8-15(23)10-13/h4-11,19H,3,12H2,1-2H3,(H,27,30). The Morgan fingerprint density at radius 3 is 2.53 bits per heavy atom. The first-order valence-electron chi connectivity index (χ1n) is 9.61. The van der Waals surface area contributed by atoms with E-state index in [1.165, 1.54) is 43.4 Å². The van der Waals surface area contributed by atoms with E-state index in [1.807, 2.05) is 0 Å². The van der Waals surface area contributed by atoms with Gasteiger partial charge in [0.15, 0.2) is 0 Å². The molecule has 2 aromatic carbocycles. The largest absolute Gasteiger partial charge is 0.487 e. The fourth-order valence-electron chi connectivity index (χ4n) is 3.23. The molecule has 0 saturated carbocycles. The molecule has 0 saturated heterocycles. The van der Waals surface area contributed by atoms with E-state index in [1.54, 1.807) is 6.92 Å². The molecule has 0 aromatic heterocycles. The van der Waals surface area contributed by atoms with Crippen LogP contribution in [0.5, 0.6) is 5.75 Å². The summed E-state index contributed by atoms with van der Waals surface area (Å²) in [6, 6.07) is 7.93. The number of urea groups is 1. The molecular formula is C22H20F4N2O4. The second-order valence-electron chi connectivity index (χ2n) is 6.89. The summed E-state index contributed by atoms with van der Waals surface area (Å²) < 4.78 is 63.4. The Bertz CT molecular complexity index is 1050. The number of hydrogen-bond donors (Lipinski definition) is 1. The molecule has 0 radical (unpaired) electrons. The summed E-state index contributed by atoms with van der Waals surface area (Å²) >= 11 is 0. The zero-order chi connectivity index (χ0) is 23.5. The average Bonchev–Trinajstić information content (AvgIpc) is 2.74. The topological polar surface area (TPSA) is 67.9 Å². The van der Waals surface area contributed by atoms with Gasteiger partial charge in [0.2, 0.25) is 0 Å². The van der Waals surface area contributed by atoms with Gasteiger partial charge in [-0.1, -0.05) is 18.2 Å².